The van der Waals surface area contributed by atoms with E-state index in [1.807, 2.05) is 32.0 Å². The van der Waals surface area contributed by atoms with Crippen LogP contribution in [-0.4, -0.2) is 24.4 Å². The molecule has 0 saturated heterocycles. The molecule has 0 bridgehead atoms. The summed E-state index contributed by atoms with van der Waals surface area (Å²) in [6.07, 6.45) is 5.08. The van der Waals surface area contributed by atoms with Gasteiger partial charge >= 0.3 is 0 Å². The first-order chi connectivity index (χ1) is 11.1. The van der Waals surface area contributed by atoms with E-state index in [-0.39, 0.29) is 0 Å². The topological polar surface area (TPSA) is 42.5 Å². The third-order valence-electron chi connectivity index (χ3n) is 4.23. The first kappa shape index (κ1) is 17.9. The molecule has 1 aromatic carbocycles. The lowest BCUT2D eigenvalue weighted by atomic mass is 9.86. The zero-order chi connectivity index (χ0) is 16.7. The van der Waals surface area contributed by atoms with Gasteiger partial charge < -0.3 is 20.1 Å². The molecule has 0 aliphatic heterocycles. The van der Waals surface area contributed by atoms with Crippen molar-refractivity contribution in [2.75, 3.05) is 18.5 Å². The minimum atomic E-state index is 0.470. The van der Waals surface area contributed by atoms with Crippen LogP contribution >= 0.6 is 12.2 Å². The van der Waals surface area contributed by atoms with E-state index in [9.17, 15) is 0 Å². The first-order valence-corrected chi connectivity index (χ1v) is 9.02. The van der Waals surface area contributed by atoms with Crippen molar-refractivity contribution < 1.29 is 9.47 Å². The summed E-state index contributed by atoms with van der Waals surface area (Å²) in [5.41, 5.74) is 0.915. The average Bonchev–Trinajstić information content (AvgIpc) is 2.52. The zero-order valence-electron chi connectivity index (χ0n) is 14.4. The van der Waals surface area contributed by atoms with Gasteiger partial charge in [-0.2, -0.15) is 0 Å². The van der Waals surface area contributed by atoms with E-state index in [1.165, 1.54) is 25.7 Å². The number of rotatable bonds is 6. The predicted molar refractivity (Wildman–Crippen MR) is 99.6 cm³/mol. The van der Waals surface area contributed by atoms with E-state index in [0.29, 0.717) is 30.3 Å². The number of benzene rings is 1. The van der Waals surface area contributed by atoms with Crippen LogP contribution in [0.3, 0.4) is 0 Å². The molecule has 1 aromatic rings. The van der Waals surface area contributed by atoms with Crippen molar-refractivity contribution in [1.29, 1.82) is 0 Å². The largest absolute Gasteiger partial charge is 0.490 e. The fraction of sp³-hybridized carbons (Fsp3) is 0.611. The molecule has 5 heteroatoms. The molecular weight excluding hydrogens is 308 g/mol. The molecule has 1 aliphatic carbocycles. The van der Waals surface area contributed by atoms with Gasteiger partial charge in [-0.3, -0.25) is 0 Å². The summed E-state index contributed by atoms with van der Waals surface area (Å²) in [5.74, 6) is 2.18. The minimum absolute atomic E-state index is 0.470. The van der Waals surface area contributed by atoms with Gasteiger partial charge in [0.1, 0.15) is 0 Å². The lowest BCUT2D eigenvalue weighted by Crippen LogP contribution is -2.43. The summed E-state index contributed by atoms with van der Waals surface area (Å²) < 4.78 is 11.2. The Hall–Kier alpha value is -1.49. The number of ether oxygens (including phenoxy) is 2. The van der Waals surface area contributed by atoms with Gasteiger partial charge in [0.05, 0.1) is 13.2 Å². The fourth-order valence-corrected chi connectivity index (χ4v) is 3.26. The summed E-state index contributed by atoms with van der Waals surface area (Å²) in [4.78, 5) is 0. The molecule has 0 spiro atoms. The highest BCUT2D eigenvalue weighted by molar-refractivity contribution is 7.80. The molecule has 0 aromatic heterocycles. The number of hydrogen-bond acceptors (Lipinski definition) is 3. The Balaban J connectivity index is 1.98. The Morgan fingerprint density at radius 2 is 1.83 bits per heavy atom. The van der Waals surface area contributed by atoms with Crippen molar-refractivity contribution in [2.24, 2.45) is 5.92 Å². The van der Waals surface area contributed by atoms with Crippen LogP contribution in [0.25, 0.3) is 0 Å². The number of thiocarbonyl (C=S) groups is 1. The maximum absolute atomic E-state index is 5.65. The van der Waals surface area contributed by atoms with Gasteiger partial charge in [-0.25, -0.2) is 0 Å². The summed E-state index contributed by atoms with van der Waals surface area (Å²) in [6.45, 7) is 7.44. The van der Waals surface area contributed by atoms with Crippen LogP contribution in [0, 0.1) is 5.92 Å². The highest BCUT2D eigenvalue weighted by Crippen LogP contribution is 2.30. The van der Waals surface area contributed by atoms with Crippen LogP contribution in [0.15, 0.2) is 18.2 Å². The highest BCUT2D eigenvalue weighted by atomic mass is 32.1. The maximum atomic E-state index is 5.65. The second-order valence-corrected chi connectivity index (χ2v) is 6.40. The third-order valence-corrected chi connectivity index (χ3v) is 4.45. The second-order valence-electron chi connectivity index (χ2n) is 5.99. The van der Waals surface area contributed by atoms with Gasteiger partial charge in [-0.15, -0.1) is 0 Å². The third kappa shape index (κ3) is 5.27. The smallest absolute Gasteiger partial charge is 0.171 e. The molecule has 2 atom stereocenters. The van der Waals surface area contributed by atoms with E-state index in [1.54, 1.807) is 0 Å². The van der Waals surface area contributed by atoms with Gasteiger partial charge in [0, 0.05) is 17.8 Å². The number of anilines is 1. The van der Waals surface area contributed by atoms with Gasteiger partial charge in [-0.1, -0.05) is 19.8 Å². The Morgan fingerprint density at radius 1 is 1.13 bits per heavy atom. The monoisotopic (exact) mass is 336 g/mol. The molecule has 0 amide bonds. The van der Waals surface area contributed by atoms with Gasteiger partial charge in [0.15, 0.2) is 16.6 Å². The zero-order valence-corrected chi connectivity index (χ0v) is 15.2. The summed E-state index contributed by atoms with van der Waals surface area (Å²) in [5, 5.41) is 7.40. The Kier molecular flexibility index (Phi) is 6.96. The molecular formula is C18H28N2O2S. The SMILES string of the molecule is CCOc1ccc(NC(=S)N[C@H]2CCCC[C@@H]2C)cc1OCC. The molecule has 0 unspecified atom stereocenters. The highest BCUT2D eigenvalue weighted by Gasteiger charge is 2.21. The fourth-order valence-electron chi connectivity index (χ4n) is 3.00. The van der Waals surface area contributed by atoms with Crippen LogP contribution < -0.4 is 20.1 Å². The van der Waals surface area contributed by atoms with Crippen LogP contribution in [0.4, 0.5) is 5.69 Å². The van der Waals surface area contributed by atoms with Crippen molar-refractivity contribution in [3.63, 3.8) is 0 Å². The van der Waals surface area contributed by atoms with Crippen molar-refractivity contribution in [3.05, 3.63) is 18.2 Å². The van der Waals surface area contributed by atoms with E-state index in [4.69, 9.17) is 21.7 Å². The molecule has 4 nitrogen and oxygen atoms in total. The quantitative estimate of drug-likeness (QED) is 0.756. The van der Waals surface area contributed by atoms with E-state index >= 15 is 0 Å². The standard InChI is InChI=1S/C18H28N2O2S/c1-4-21-16-11-10-14(12-17(16)22-5-2)19-18(23)20-15-9-7-6-8-13(15)3/h10-13,15H,4-9H2,1-3H3,(H2,19,20,23)/t13-,15-/m0/s1. The molecule has 1 aliphatic rings. The first-order valence-electron chi connectivity index (χ1n) is 8.61. The minimum Gasteiger partial charge on any atom is -0.490 e. The number of hydrogen-bond donors (Lipinski definition) is 2. The predicted octanol–water partition coefficient (Wildman–Crippen LogP) is 4.35. The molecule has 0 heterocycles. The summed E-state index contributed by atoms with van der Waals surface area (Å²) in [6, 6.07) is 6.29. The van der Waals surface area contributed by atoms with Crippen LogP contribution in [0.5, 0.6) is 11.5 Å². The number of nitrogens with one attached hydrogen (secondary N) is 2. The Morgan fingerprint density at radius 3 is 2.52 bits per heavy atom. The maximum Gasteiger partial charge on any atom is 0.171 e. The van der Waals surface area contributed by atoms with Crippen LogP contribution in [0.1, 0.15) is 46.5 Å². The molecule has 1 fully saturated rings. The van der Waals surface area contributed by atoms with E-state index in [0.717, 1.165) is 17.2 Å². The van der Waals surface area contributed by atoms with Crippen molar-refractivity contribution >= 4 is 23.0 Å². The van der Waals surface area contributed by atoms with E-state index in [2.05, 4.69) is 17.6 Å². The molecule has 128 valence electrons. The lowest BCUT2D eigenvalue weighted by Gasteiger charge is -2.30. The normalized spacial score (nSPS) is 20.7. The Bertz CT molecular complexity index is 522. The molecule has 1 saturated carbocycles. The van der Waals surface area contributed by atoms with Crippen molar-refractivity contribution in [3.8, 4) is 11.5 Å². The van der Waals surface area contributed by atoms with Crippen molar-refractivity contribution in [1.82, 2.24) is 5.32 Å². The Labute approximate surface area is 144 Å². The van der Waals surface area contributed by atoms with Gasteiger partial charge in [-0.05, 0) is 57.0 Å². The van der Waals surface area contributed by atoms with Gasteiger partial charge in [0.2, 0.25) is 0 Å². The average molecular weight is 337 g/mol. The molecule has 0 radical (unpaired) electrons. The lowest BCUT2D eigenvalue weighted by molar-refractivity contribution is 0.288. The summed E-state index contributed by atoms with van der Waals surface area (Å²) >= 11 is 5.47. The second kappa shape index (κ2) is 8.96. The van der Waals surface area contributed by atoms with Crippen LogP contribution in [0.2, 0.25) is 0 Å². The molecule has 23 heavy (non-hydrogen) atoms. The van der Waals surface area contributed by atoms with E-state index < -0.39 is 0 Å². The van der Waals surface area contributed by atoms with Crippen molar-refractivity contribution in [2.45, 2.75) is 52.5 Å². The van der Waals surface area contributed by atoms with Crippen LogP contribution in [-0.2, 0) is 0 Å². The van der Waals surface area contributed by atoms with Gasteiger partial charge in [0.25, 0.3) is 0 Å². The summed E-state index contributed by atoms with van der Waals surface area (Å²) in [7, 11) is 0. The molecule has 2 N–H and O–H groups in total. The molecule has 2 rings (SSSR count).